The molecule has 0 amide bonds. The van der Waals surface area contributed by atoms with Crippen LogP contribution in [0, 0.1) is 0 Å². The van der Waals surface area contributed by atoms with Gasteiger partial charge in [0.05, 0.1) is 35.1 Å². The Morgan fingerprint density at radius 3 is 1.28 bits per heavy atom. The van der Waals surface area contributed by atoms with Gasteiger partial charge in [-0.2, -0.15) is 0 Å². The largest absolute Gasteiger partial charge is 0.456 e. The molecule has 10 rings (SSSR count). The molecule has 0 saturated heterocycles. The number of aromatic nitrogens is 4. The van der Waals surface area contributed by atoms with Gasteiger partial charge >= 0.3 is 0 Å². The third kappa shape index (κ3) is 4.47. The topological polar surface area (TPSA) is 76.5 Å². The maximum absolute atomic E-state index is 6.69. The first kappa shape index (κ1) is 28.0. The lowest BCUT2D eigenvalue weighted by atomic mass is 9.88. The van der Waals surface area contributed by atoms with E-state index in [0.29, 0.717) is 0 Å². The fraction of sp³-hybridized carbons (Fsp3) is 0. The van der Waals surface area contributed by atoms with Gasteiger partial charge in [0.25, 0.3) is 0 Å². The van der Waals surface area contributed by atoms with Crippen LogP contribution in [0.25, 0.3) is 33.0 Å². The summed E-state index contributed by atoms with van der Waals surface area (Å²) < 4.78 is 13.4. The summed E-state index contributed by atoms with van der Waals surface area (Å²) in [6.07, 6.45) is 10.8. The van der Waals surface area contributed by atoms with E-state index >= 15 is 0 Å². The number of anilines is 6. The van der Waals surface area contributed by atoms with E-state index in [-0.39, 0.29) is 0 Å². The van der Waals surface area contributed by atoms with Crippen molar-refractivity contribution in [2.24, 2.45) is 0 Å². The van der Waals surface area contributed by atoms with Crippen LogP contribution in [0.2, 0.25) is 0 Å². The molecule has 0 atom stereocenters. The highest BCUT2D eigenvalue weighted by atomic mass is 16.5. The summed E-state index contributed by atoms with van der Waals surface area (Å²) in [5.41, 5.74) is 7.88. The summed E-state index contributed by atoms with van der Waals surface area (Å²) in [7, 11) is 0. The van der Waals surface area contributed by atoms with Crippen LogP contribution in [0.4, 0.5) is 34.4 Å². The average Bonchev–Trinajstić information content (AvgIpc) is 3.18. The van der Waals surface area contributed by atoms with E-state index in [4.69, 9.17) is 9.47 Å². The maximum Gasteiger partial charge on any atom is 0.137 e. The van der Waals surface area contributed by atoms with Gasteiger partial charge in [-0.15, -0.1) is 0 Å². The van der Waals surface area contributed by atoms with Gasteiger partial charge in [0, 0.05) is 58.8 Å². The SMILES string of the molecule is c1ccc(N(c2cccnc2)c2ccc3c(c2)Oc2ccc4c5c(ccc-3c25)-c2ccc(N(c3cccnc3)c3ccccn3)cc2O4)nc1. The second-order valence-electron chi connectivity index (χ2n) is 12.0. The molecule has 2 aliphatic heterocycles. The highest BCUT2D eigenvalue weighted by Crippen LogP contribution is 2.56. The molecule has 0 N–H and O–H groups in total. The zero-order valence-electron chi connectivity index (χ0n) is 26.5. The molecular formula is C42H26N6O2. The Morgan fingerprint density at radius 2 is 0.860 bits per heavy atom. The molecule has 8 aromatic rings. The van der Waals surface area contributed by atoms with Crippen LogP contribution in [-0.2, 0) is 0 Å². The highest BCUT2D eigenvalue weighted by molar-refractivity contribution is 6.14. The molecule has 4 aromatic heterocycles. The van der Waals surface area contributed by atoms with E-state index in [1.54, 1.807) is 24.8 Å². The molecule has 4 aromatic carbocycles. The molecule has 0 bridgehead atoms. The van der Waals surface area contributed by atoms with Gasteiger partial charge in [0.15, 0.2) is 0 Å². The predicted octanol–water partition coefficient (Wildman–Crippen LogP) is 10.9. The summed E-state index contributed by atoms with van der Waals surface area (Å²) in [5.74, 6) is 4.70. The second kappa shape index (κ2) is 11.3. The van der Waals surface area contributed by atoms with E-state index in [1.807, 2.05) is 85.2 Å². The molecule has 6 heterocycles. The minimum absolute atomic E-state index is 0.773. The van der Waals surface area contributed by atoms with Gasteiger partial charge in [-0.1, -0.05) is 24.3 Å². The number of ether oxygens (including phenoxy) is 2. The van der Waals surface area contributed by atoms with Gasteiger partial charge in [-0.05, 0) is 96.1 Å². The predicted molar refractivity (Wildman–Crippen MR) is 196 cm³/mol. The Hall–Kier alpha value is -7.06. The van der Waals surface area contributed by atoms with Crippen molar-refractivity contribution in [2.45, 2.75) is 0 Å². The molecule has 236 valence electrons. The van der Waals surface area contributed by atoms with Gasteiger partial charge in [-0.25, -0.2) is 9.97 Å². The molecule has 0 saturated carbocycles. The van der Waals surface area contributed by atoms with E-state index in [1.165, 1.54) is 0 Å². The summed E-state index contributed by atoms with van der Waals surface area (Å²) in [5, 5.41) is 2.07. The summed E-state index contributed by atoms with van der Waals surface area (Å²) in [6, 6.07) is 40.7. The lowest BCUT2D eigenvalue weighted by Gasteiger charge is -2.29. The first-order valence-electron chi connectivity index (χ1n) is 16.3. The van der Waals surface area contributed by atoms with Crippen molar-refractivity contribution >= 4 is 45.2 Å². The van der Waals surface area contributed by atoms with Crippen molar-refractivity contribution in [2.75, 3.05) is 9.80 Å². The van der Waals surface area contributed by atoms with E-state index in [9.17, 15) is 0 Å². The van der Waals surface area contributed by atoms with Gasteiger partial charge < -0.3 is 9.47 Å². The van der Waals surface area contributed by atoms with Crippen LogP contribution in [0.1, 0.15) is 0 Å². The molecule has 0 aliphatic carbocycles. The van der Waals surface area contributed by atoms with Crippen molar-refractivity contribution in [3.05, 3.63) is 159 Å². The fourth-order valence-electron chi connectivity index (χ4n) is 6.97. The van der Waals surface area contributed by atoms with Crippen molar-refractivity contribution in [3.8, 4) is 45.3 Å². The number of pyridine rings is 4. The number of rotatable bonds is 6. The molecular weight excluding hydrogens is 621 g/mol. The fourth-order valence-corrected chi connectivity index (χ4v) is 6.97. The lowest BCUT2D eigenvalue weighted by molar-refractivity contribution is 0.475. The van der Waals surface area contributed by atoms with Crippen LogP contribution >= 0.6 is 0 Å². The molecule has 2 aliphatic rings. The van der Waals surface area contributed by atoms with E-state index < -0.39 is 0 Å². The number of fused-ring (bicyclic) bond motifs is 4. The van der Waals surface area contributed by atoms with E-state index in [0.717, 1.165) is 90.4 Å². The highest BCUT2D eigenvalue weighted by Gasteiger charge is 2.29. The van der Waals surface area contributed by atoms with Crippen LogP contribution in [0.15, 0.2) is 159 Å². The second-order valence-corrected chi connectivity index (χ2v) is 12.0. The maximum atomic E-state index is 6.69. The lowest BCUT2D eigenvalue weighted by Crippen LogP contribution is -2.12. The number of nitrogens with zero attached hydrogens (tertiary/aromatic N) is 6. The normalized spacial score (nSPS) is 11.9. The molecule has 8 heteroatoms. The Kier molecular flexibility index (Phi) is 6.32. The Bertz CT molecular complexity index is 2290. The molecule has 0 radical (unpaired) electrons. The van der Waals surface area contributed by atoms with Gasteiger partial charge in [0.2, 0.25) is 0 Å². The first-order chi connectivity index (χ1) is 24.8. The van der Waals surface area contributed by atoms with Crippen molar-refractivity contribution in [1.29, 1.82) is 0 Å². The molecule has 0 fully saturated rings. The Morgan fingerprint density at radius 1 is 0.380 bits per heavy atom. The van der Waals surface area contributed by atoms with Crippen molar-refractivity contribution in [3.63, 3.8) is 0 Å². The zero-order valence-corrected chi connectivity index (χ0v) is 26.5. The molecule has 0 spiro atoms. The molecule has 0 unspecified atom stereocenters. The Labute approximate surface area is 287 Å². The molecule has 8 nitrogen and oxygen atoms in total. The van der Waals surface area contributed by atoms with Crippen LogP contribution in [-0.4, -0.2) is 19.9 Å². The van der Waals surface area contributed by atoms with Gasteiger partial charge in [0.1, 0.15) is 34.6 Å². The third-order valence-corrected chi connectivity index (χ3v) is 9.12. The molecule has 50 heavy (non-hydrogen) atoms. The van der Waals surface area contributed by atoms with Crippen LogP contribution in [0.5, 0.6) is 23.0 Å². The standard InChI is InChI=1S/C42H26N6O2/c1-3-21-45-39(9-1)47(29-7-5-19-43-25-29)27-11-13-31-33-15-16-34-32-14-12-28(48(30-8-6-20-44-26-30)40-10-2-4-22-46-40)24-38(32)50-36-18-17-35(41(33)42(34)36)49-37(31)23-27/h1-26H. The van der Waals surface area contributed by atoms with E-state index in [2.05, 4.69) is 78.3 Å². The van der Waals surface area contributed by atoms with Crippen LogP contribution in [0.3, 0.4) is 0 Å². The summed E-state index contributed by atoms with van der Waals surface area (Å²) in [6.45, 7) is 0. The summed E-state index contributed by atoms with van der Waals surface area (Å²) >= 11 is 0. The minimum Gasteiger partial charge on any atom is -0.456 e. The van der Waals surface area contributed by atoms with Crippen molar-refractivity contribution in [1.82, 2.24) is 19.9 Å². The summed E-state index contributed by atoms with van der Waals surface area (Å²) in [4.78, 5) is 22.2. The minimum atomic E-state index is 0.773. The first-order valence-corrected chi connectivity index (χ1v) is 16.3. The number of hydrogen-bond donors (Lipinski definition) is 0. The number of benzene rings is 4. The average molecular weight is 647 g/mol. The quantitative estimate of drug-likeness (QED) is 0.177. The third-order valence-electron chi connectivity index (χ3n) is 9.12. The number of hydrogen-bond acceptors (Lipinski definition) is 8. The zero-order chi connectivity index (χ0) is 33.0. The van der Waals surface area contributed by atoms with Gasteiger partial charge in [-0.3, -0.25) is 19.8 Å². The van der Waals surface area contributed by atoms with Crippen molar-refractivity contribution < 1.29 is 9.47 Å². The van der Waals surface area contributed by atoms with Crippen LogP contribution < -0.4 is 19.3 Å². The monoisotopic (exact) mass is 646 g/mol. The Balaban J connectivity index is 1.07. The smallest absolute Gasteiger partial charge is 0.137 e.